The smallest absolute Gasteiger partial charge is 0.142 e. The van der Waals surface area contributed by atoms with E-state index in [4.69, 9.17) is 5.11 Å². The number of hydrogen-bond acceptors (Lipinski definition) is 2. The molecule has 0 aliphatic heterocycles. The monoisotopic (exact) mass is 204 g/mol. The average molecular weight is 204 g/mol. The first kappa shape index (κ1) is 10.5. The van der Waals surface area contributed by atoms with E-state index in [1.54, 1.807) is 6.26 Å². The Morgan fingerprint density at radius 3 is 2.62 bits per heavy atom. The number of rotatable bonds is 3. The normalized spacial score (nSPS) is 10.5. The summed E-state index contributed by atoms with van der Waals surface area (Å²) in [5.74, 6) is -1.15. The molecule has 0 spiro atoms. The van der Waals surface area contributed by atoms with Crippen molar-refractivity contribution in [3.63, 3.8) is 0 Å². The predicted molar refractivity (Wildman–Crippen MR) is 48.9 cm³/mol. The standard InChI is InChI=1S/C9H10F2OS/c1-13-8-3-2-7(10)6(4-5-12)9(8)11/h2-3,12H,4-5H2,1H3. The van der Waals surface area contributed by atoms with Crippen molar-refractivity contribution in [2.24, 2.45) is 0 Å². The lowest BCUT2D eigenvalue weighted by Gasteiger charge is -2.06. The molecule has 0 aromatic heterocycles. The van der Waals surface area contributed by atoms with E-state index in [2.05, 4.69) is 0 Å². The Morgan fingerprint density at radius 2 is 2.08 bits per heavy atom. The van der Waals surface area contributed by atoms with Gasteiger partial charge in [0.2, 0.25) is 0 Å². The second-order valence-corrected chi connectivity index (χ2v) is 3.36. The van der Waals surface area contributed by atoms with Crippen LogP contribution in [0.15, 0.2) is 17.0 Å². The van der Waals surface area contributed by atoms with Gasteiger partial charge in [0.05, 0.1) is 0 Å². The Hall–Kier alpha value is -0.610. The van der Waals surface area contributed by atoms with E-state index in [0.717, 1.165) is 0 Å². The van der Waals surface area contributed by atoms with Gasteiger partial charge in [0.25, 0.3) is 0 Å². The molecule has 4 heteroatoms. The summed E-state index contributed by atoms with van der Waals surface area (Å²) in [7, 11) is 0. The van der Waals surface area contributed by atoms with Gasteiger partial charge in [-0.2, -0.15) is 0 Å². The lowest BCUT2D eigenvalue weighted by atomic mass is 10.1. The Balaban J connectivity index is 3.13. The largest absolute Gasteiger partial charge is 0.396 e. The van der Waals surface area contributed by atoms with Crippen LogP contribution in [0.5, 0.6) is 0 Å². The van der Waals surface area contributed by atoms with E-state index in [-0.39, 0.29) is 18.6 Å². The molecule has 0 unspecified atom stereocenters. The zero-order valence-corrected chi connectivity index (χ0v) is 8.00. The highest BCUT2D eigenvalue weighted by Gasteiger charge is 2.11. The van der Waals surface area contributed by atoms with Crippen molar-refractivity contribution in [3.05, 3.63) is 29.3 Å². The quantitative estimate of drug-likeness (QED) is 0.762. The lowest BCUT2D eigenvalue weighted by molar-refractivity contribution is 0.295. The molecule has 0 aliphatic rings. The number of aliphatic hydroxyl groups excluding tert-OH is 1. The van der Waals surface area contributed by atoms with Crippen LogP contribution in [-0.4, -0.2) is 18.0 Å². The Kier molecular flexibility index (Phi) is 3.69. The summed E-state index contributed by atoms with van der Waals surface area (Å²) >= 11 is 1.22. The van der Waals surface area contributed by atoms with Crippen LogP contribution in [0, 0.1) is 11.6 Å². The van der Waals surface area contributed by atoms with Crippen molar-refractivity contribution in [2.75, 3.05) is 12.9 Å². The first-order valence-corrected chi connectivity index (χ1v) is 5.05. The first-order chi connectivity index (χ1) is 6.20. The van der Waals surface area contributed by atoms with Crippen molar-refractivity contribution < 1.29 is 13.9 Å². The molecule has 0 bridgehead atoms. The molecule has 0 atom stereocenters. The van der Waals surface area contributed by atoms with Crippen molar-refractivity contribution in [2.45, 2.75) is 11.3 Å². The summed E-state index contributed by atoms with van der Waals surface area (Å²) in [6, 6.07) is 2.62. The molecule has 0 fully saturated rings. The first-order valence-electron chi connectivity index (χ1n) is 3.82. The van der Waals surface area contributed by atoms with Gasteiger partial charge in [-0.05, 0) is 18.4 Å². The zero-order chi connectivity index (χ0) is 9.84. The minimum absolute atomic E-state index is 0.0199. The molecule has 0 saturated heterocycles. The van der Waals surface area contributed by atoms with Gasteiger partial charge in [-0.3, -0.25) is 0 Å². The van der Waals surface area contributed by atoms with Gasteiger partial charge in [0.1, 0.15) is 11.6 Å². The van der Waals surface area contributed by atoms with Crippen molar-refractivity contribution in [1.82, 2.24) is 0 Å². The highest BCUT2D eigenvalue weighted by Crippen LogP contribution is 2.24. The molecule has 0 heterocycles. The summed E-state index contributed by atoms with van der Waals surface area (Å²) in [5.41, 5.74) is -0.0330. The lowest BCUT2D eigenvalue weighted by Crippen LogP contribution is -2.00. The van der Waals surface area contributed by atoms with Gasteiger partial charge >= 0.3 is 0 Å². The molecule has 0 radical (unpaired) electrons. The third kappa shape index (κ3) is 2.19. The number of aliphatic hydroxyl groups is 1. The summed E-state index contributed by atoms with van der Waals surface area (Å²) in [4.78, 5) is 0.407. The number of thioether (sulfide) groups is 1. The summed E-state index contributed by atoms with van der Waals surface area (Å²) in [6.07, 6.45) is 1.74. The van der Waals surface area contributed by atoms with Gasteiger partial charge < -0.3 is 5.11 Å². The van der Waals surface area contributed by atoms with Crippen LogP contribution in [0.2, 0.25) is 0 Å². The number of benzene rings is 1. The van der Waals surface area contributed by atoms with Crippen LogP contribution in [0.4, 0.5) is 8.78 Å². The maximum Gasteiger partial charge on any atom is 0.142 e. The van der Waals surface area contributed by atoms with Crippen molar-refractivity contribution in [3.8, 4) is 0 Å². The summed E-state index contributed by atoms with van der Waals surface area (Å²) in [6.45, 7) is -0.244. The topological polar surface area (TPSA) is 20.2 Å². The van der Waals surface area contributed by atoms with Gasteiger partial charge in [0, 0.05) is 23.5 Å². The van der Waals surface area contributed by atoms with Gasteiger partial charge in [-0.15, -0.1) is 11.8 Å². The second-order valence-electron chi connectivity index (χ2n) is 2.52. The maximum atomic E-state index is 13.3. The third-order valence-electron chi connectivity index (χ3n) is 1.73. The van der Waals surface area contributed by atoms with Crippen LogP contribution in [0.3, 0.4) is 0 Å². The molecular weight excluding hydrogens is 194 g/mol. The average Bonchev–Trinajstić information content (AvgIpc) is 2.12. The van der Waals surface area contributed by atoms with E-state index in [9.17, 15) is 8.78 Å². The van der Waals surface area contributed by atoms with Crippen LogP contribution in [0.1, 0.15) is 5.56 Å². The van der Waals surface area contributed by atoms with E-state index in [0.29, 0.717) is 4.90 Å². The van der Waals surface area contributed by atoms with Crippen molar-refractivity contribution in [1.29, 1.82) is 0 Å². The Bertz CT molecular complexity index is 302. The third-order valence-corrected chi connectivity index (χ3v) is 2.49. The van der Waals surface area contributed by atoms with Gasteiger partial charge in [-0.25, -0.2) is 8.78 Å². The second kappa shape index (κ2) is 4.58. The van der Waals surface area contributed by atoms with Crippen LogP contribution in [-0.2, 0) is 6.42 Å². The fourth-order valence-corrected chi connectivity index (χ4v) is 1.58. The highest BCUT2D eigenvalue weighted by molar-refractivity contribution is 7.98. The van der Waals surface area contributed by atoms with Gasteiger partial charge in [-0.1, -0.05) is 0 Å². The fraction of sp³-hybridized carbons (Fsp3) is 0.333. The molecule has 1 aromatic rings. The molecule has 1 N–H and O–H groups in total. The predicted octanol–water partition coefficient (Wildman–Crippen LogP) is 2.22. The number of hydrogen-bond donors (Lipinski definition) is 1. The van der Waals surface area contributed by atoms with E-state index in [1.807, 2.05) is 0 Å². The molecule has 0 aliphatic carbocycles. The molecule has 72 valence electrons. The maximum absolute atomic E-state index is 13.3. The molecule has 1 nitrogen and oxygen atoms in total. The SMILES string of the molecule is CSc1ccc(F)c(CCO)c1F. The number of halogens is 2. The summed E-state index contributed by atoms with van der Waals surface area (Å²) in [5, 5.41) is 8.59. The Morgan fingerprint density at radius 1 is 1.38 bits per heavy atom. The minimum atomic E-state index is -0.593. The summed E-state index contributed by atoms with van der Waals surface area (Å²) < 4.78 is 26.3. The van der Waals surface area contributed by atoms with E-state index < -0.39 is 11.6 Å². The van der Waals surface area contributed by atoms with Crippen molar-refractivity contribution >= 4 is 11.8 Å². The Labute approximate surface area is 79.8 Å². The molecule has 1 rings (SSSR count). The molecule has 0 saturated carbocycles. The van der Waals surface area contributed by atoms with Crippen LogP contribution >= 0.6 is 11.8 Å². The zero-order valence-electron chi connectivity index (χ0n) is 7.18. The van der Waals surface area contributed by atoms with Crippen LogP contribution in [0.25, 0.3) is 0 Å². The van der Waals surface area contributed by atoms with Gasteiger partial charge in [0.15, 0.2) is 0 Å². The fourth-order valence-electron chi connectivity index (χ4n) is 1.07. The van der Waals surface area contributed by atoms with E-state index in [1.165, 1.54) is 23.9 Å². The molecular formula is C9H10F2OS. The minimum Gasteiger partial charge on any atom is -0.396 e. The molecule has 13 heavy (non-hydrogen) atoms. The van der Waals surface area contributed by atoms with E-state index >= 15 is 0 Å². The van der Waals surface area contributed by atoms with Crippen LogP contribution < -0.4 is 0 Å². The highest BCUT2D eigenvalue weighted by atomic mass is 32.2. The molecule has 1 aromatic carbocycles. The molecule has 0 amide bonds.